The zero-order chi connectivity index (χ0) is 21.8. The number of halogens is 2. The summed E-state index contributed by atoms with van der Waals surface area (Å²) in [5.41, 5.74) is 3.61. The molecule has 164 valence electrons. The lowest BCUT2D eigenvalue weighted by molar-refractivity contribution is 0.148. The van der Waals surface area contributed by atoms with Gasteiger partial charge in [-0.1, -0.05) is 48.5 Å². The van der Waals surface area contributed by atoms with Crippen LogP contribution in [0.25, 0.3) is 0 Å². The number of nitrogens with one attached hydrogen (secondary N) is 1. The van der Waals surface area contributed by atoms with E-state index in [1.165, 1.54) is 37.8 Å². The Hall–Kier alpha value is -1.93. The zero-order valence-electron chi connectivity index (χ0n) is 18.1. The van der Waals surface area contributed by atoms with E-state index < -0.39 is 0 Å². The number of hydrogen-bond acceptors (Lipinski definition) is 4. The highest BCUT2D eigenvalue weighted by atomic mass is 35.5. The van der Waals surface area contributed by atoms with Gasteiger partial charge in [-0.3, -0.25) is 4.90 Å². The third-order valence-electron chi connectivity index (χ3n) is 6.70. The van der Waals surface area contributed by atoms with Crippen LogP contribution < -0.4 is 10.2 Å². The maximum absolute atomic E-state index is 9.62. The Kier molecular flexibility index (Phi) is 7.27. The predicted octanol–water partition coefficient (Wildman–Crippen LogP) is 6.49. The number of rotatable bonds is 5. The molecule has 1 N–H and O–H groups in total. The predicted molar refractivity (Wildman–Crippen MR) is 130 cm³/mol. The van der Waals surface area contributed by atoms with Crippen molar-refractivity contribution in [2.45, 2.75) is 51.1 Å². The summed E-state index contributed by atoms with van der Waals surface area (Å²) in [5.74, 6) is 0. The van der Waals surface area contributed by atoms with Gasteiger partial charge in [-0.2, -0.15) is 5.26 Å². The number of piperazine rings is 1. The molecule has 2 fully saturated rings. The molecule has 4 rings (SSSR count). The number of benzene rings is 2. The molecule has 0 amide bonds. The average molecular weight is 457 g/mol. The smallest absolute Gasteiger partial charge is 0.101 e. The van der Waals surface area contributed by atoms with Gasteiger partial charge in [-0.15, -0.1) is 0 Å². The summed E-state index contributed by atoms with van der Waals surface area (Å²) >= 11 is 12.4. The van der Waals surface area contributed by atoms with E-state index in [-0.39, 0.29) is 6.04 Å². The first-order chi connectivity index (χ1) is 15.0. The second-order valence-electron chi connectivity index (χ2n) is 8.69. The highest BCUT2D eigenvalue weighted by molar-refractivity contribution is 6.35. The molecule has 0 spiro atoms. The Bertz CT molecular complexity index is 941. The first kappa shape index (κ1) is 22.3. The summed E-state index contributed by atoms with van der Waals surface area (Å²) in [6, 6.07) is 14.7. The van der Waals surface area contributed by atoms with Gasteiger partial charge in [0.25, 0.3) is 0 Å². The highest BCUT2D eigenvalue weighted by Gasteiger charge is 2.25. The lowest BCUT2D eigenvalue weighted by Crippen LogP contribution is -2.50. The number of anilines is 2. The summed E-state index contributed by atoms with van der Waals surface area (Å²) in [6.45, 7) is 6.33. The fourth-order valence-corrected chi connectivity index (χ4v) is 5.47. The van der Waals surface area contributed by atoms with Crippen LogP contribution >= 0.6 is 23.2 Å². The van der Waals surface area contributed by atoms with Gasteiger partial charge >= 0.3 is 0 Å². The minimum absolute atomic E-state index is 0.0461. The molecule has 1 heterocycles. The average Bonchev–Trinajstić information content (AvgIpc) is 2.79. The molecule has 4 nitrogen and oxygen atoms in total. The minimum Gasteiger partial charge on any atom is -0.377 e. The van der Waals surface area contributed by atoms with Gasteiger partial charge in [0.2, 0.25) is 0 Å². The Morgan fingerprint density at radius 2 is 1.74 bits per heavy atom. The van der Waals surface area contributed by atoms with E-state index in [0.29, 0.717) is 15.6 Å². The van der Waals surface area contributed by atoms with Crippen LogP contribution in [0, 0.1) is 11.3 Å². The van der Waals surface area contributed by atoms with Gasteiger partial charge in [0, 0.05) is 48.0 Å². The summed E-state index contributed by atoms with van der Waals surface area (Å²) in [7, 11) is 0. The van der Waals surface area contributed by atoms with Crippen molar-refractivity contribution in [1.29, 1.82) is 5.26 Å². The highest BCUT2D eigenvalue weighted by Crippen LogP contribution is 2.32. The van der Waals surface area contributed by atoms with E-state index in [4.69, 9.17) is 23.2 Å². The largest absolute Gasteiger partial charge is 0.377 e. The standard InChI is InChI=1S/C25H30Cl2N4/c1-18(23-10-8-20(26)15-24(23)27)29-25-16-22(9-7-19(25)17-28)31-13-11-30(12-14-31)21-5-3-2-4-6-21/h7-10,15-16,18,21,29H,2-6,11-14H2,1H3. The molecule has 0 bridgehead atoms. The van der Waals surface area contributed by atoms with Crippen LogP contribution in [0.2, 0.25) is 10.0 Å². The zero-order valence-corrected chi connectivity index (χ0v) is 19.6. The van der Waals surface area contributed by atoms with E-state index in [9.17, 15) is 5.26 Å². The van der Waals surface area contributed by atoms with Crippen molar-refractivity contribution in [3.05, 3.63) is 57.6 Å². The first-order valence-electron chi connectivity index (χ1n) is 11.3. The molecule has 6 heteroatoms. The Morgan fingerprint density at radius 1 is 1.00 bits per heavy atom. The van der Waals surface area contributed by atoms with Crippen LogP contribution in [0.15, 0.2) is 36.4 Å². The lowest BCUT2D eigenvalue weighted by Gasteiger charge is -2.41. The molecule has 1 saturated heterocycles. The SMILES string of the molecule is CC(Nc1cc(N2CCN(C3CCCCC3)CC2)ccc1C#N)c1ccc(Cl)cc1Cl. The summed E-state index contributed by atoms with van der Waals surface area (Å²) in [5, 5.41) is 14.4. The fraction of sp³-hybridized carbons (Fsp3) is 0.480. The molecule has 1 aliphatic heterocycles. The molecular weight excluding hydrogens is 427 g/mol. The van der Waals surface area contributed by atoms with E-state index in [0.717, 1.165) is 43.5 Å². The van der Waals surface area contributed by atoms with Gasteiger partial charge in [0.15, 0.2) is 0 Å². The summed E-state index contributed by atoms with van der Waals surface area (Å²) in [4.78, 5) is 5.12. The van der Waals surface area contributed by atoms with Crippen LogP contribution in [-0.4, -0.2) is 37.1 Å². The van der Waals surface area contributed by atoms with E-state index in [1.54, 1.807) is 6.07 Å². The number of nitrogens with zero attached hydrogens (tertiary/aromatic N) is 3. The van der Waals surface area contributed by atoms with Crippen LogP contribution in [0.3, 0.4) is 0 Å². The Balaban J connectivity index is 1.46. The third-order valence-corrected chi connectivity index (χ3v) is 7.26. The van der Waals surface area contributed by atoms with Crippen molar-refractivity contribution in [2.24, 2.45) is 0 Å². The van der Waals surface area contributed by atoms with Crippen LogP contribution in [0.1, 0.15) is 56.2 Å². The second-order valence-corrected chi connectivity index (χ2v) is 9.53. The molecule has 0 radical (unpaired) electrons. The van der Waals surface area contributed by atoms with Gasteiger partial charge in [-0.05, 0) is 55.7 Å². The third kappa shape index (κ3) is 5.29. The second kappa shape index (κ2) is 10.1. The molecule has 1 atom stereocenters. The fourth-order valence-electron chi connectivity index (χ4n) is 4.90. The topological polar surface area (TPSA) is 42.3 Å². The summed E-state index contributed by atoms with van der Waals surface area (Å²) in [6.07, 6.45) is 6.88. The molecule has 2 aliphatic rings. The van der Waals surface area contributed by atoms with E-state index >= 15 is 0 Å². The molecule has 2 aromatic carbocycles. The summed E-state index contributed by atoms with van der Waals surface area (Å²) < 4.78 is 0. The maximum Gasteiger partial charge on any atom is 0.101 e. The van der Waals surface area contributed by atoms with Crippen molar-refractivity contribution in [1.82, 2.24) is 4.90 Å². The van der Waals surface area contributed by atoms with Crippen molar-refractivity contribution < 1.29 is 0 Å². The van der Waals surface area contributed by atoms with Gasteiger partial charge in [0.05, 0.1) is 17.3 Å². The van der Waals surface area contributed by atoms with Crippen molar-refractivity contribution in [3.8, 4) is 6.07 Å². The van der Waals surface area contributed by atoms with Crippen LogP contribution in [-0.2, 0) is 0 Å². The van der Waals surface area contributed by atoms with Crippen LogP contribution in [0.4, 0.5) is 11.4 Å². The van der Waals surface area contributed by atoms with Crippen molar-refractivity contribution in [3.63, 3.8) is 0 Å². The lowest BCUT2D eigenvalue weighted by atomic mass is 9.94. The Morgan fingerprint density at radius 3 is 2.42 bits per heavy atom. The molecule has 31 heavy (non-hydrogen) atoms. The van der Waals surface area contributed by atoms with Crippen LogP contribution in [0.5, 0.6) is 0 Å². The molecule has 1 unspecified atom stereocenters. The van der Waals surface area contributed by atoms with E-state index in [2.05, 4.69) is 33.3 Å². The van der Waals surface area contributed by atoms with Gasteiger partial charge in [0.1, 0.15) is 6.07 Å². The van der Waals surface area contributed by atoms with Crippen molar-refractivity contribution in [2.75, 3.05) is 36.4 Å². The maximum atomic E-state index is 9.62. The quantitative estimate of drug-likeness (QED) is 0.557. The first-order valence-corrected chi connectivity index (χ1v) is 12.1. The van der Waals surface area contributed by atoms with Gasteiger partial charge < -0.3 is 10.2 Å². The normalized spacial score (nSPS) is 19.1. The minimum atomic E-state index is -0.0461. The molecule has 0 aromatic heterocycles. The number of nitriles is 1. The number of hydrogen-bond donors (Lipinski definition) is 1. The van der Waals surface area contributed by atoms with Crippen molar-refractivity contribution >= 4 is 34.6 Å². The Labute approximate surface area is 195 Å². The molecular formula is C25H30Cl2N4. The monoisotopic (exact) mass is 456 g/mol. The van der Waals surface area contributed by atoms with Gasteiger partial charge in [-0.25, -0.2) is 0 Å². The molecule has 1 saturated carbocycles. The molecule has 1 aliphatic carbocycles. The molecule has 2 aromatic rings. The van der Waals surface area contributed by atoms with E-state index in [1.807, 2.05) is 25.1 Å².